The molecule has 1 fully saturated rings. The van der Waals surface area contributed by atoms with Crippen molar-refractivity contribution in [2.45, 2.75) is 110 Å². The summed E-state index contributed by atoms with van der Waals surface area (Å²) >= 11 is 0. The minimum absolute atomic E-state index is 0.478. The van der Waals surface area contributed by atoms with Gasteiger partial charge in [0.1, 0.15) is 5.60 Å². The van der Waals surface area contributed by atoms with E-state index in [0.717, 1.165) is 25.7 Å². The van der Waals surface area contributed by atoms with Crippen LogP contribution in [0.1, 0.15) is 98.3 Å². The zero-order valence-corrected chi connectivity index (χ0v) is 17.2. The van der Waals surface area contributed by atoms with Crippen LogP contribution in [0.25, 0.3) is 0 Å². The van der Waals surface area contributed by atoms with E-state index in [1.807, 2.05) is 20.8 Å². The monoisotopic (exact) mass is 358 g/mol. The van der Waals surface area contributed by atoms with Crippen LogP contribution in [-0.2, 0) is 18.9 Å². The van der Waals surface area contributed by atoms with E-state index in [9.17, 15) is 0 Å². The van der Waals surface area contributed by atoms with Gasteiger partial charge >= 0.3 is 5.97 Å². The molecule has 1 aliphatic rings. The Hall–Kier alpha value is -0.160. The van der Waals surface area contributed by atoms with Crippen LogP contribution in [0.5, 0.6) is 0 Å². The molecule has 0 bridgehead atoms. The van der Waals surface area contributed by atoms with Gasteiger partial charge < -0.3 is 18.9 Å². The Kier molecular flexibility index (Phi) is 12.0. The summed E-state index contributed by atoms with van der Waals surface area (Å²) in [4.78, 5) is 0. The molecule has 0 aromatic rings. The first kappa shape index (κ1) is 22.9. The summed E-state index contributed by atoms with van der Waals surface area (Å²) in [6.07, 6.45) is 13.4. The molecule has 150 valence electrons. The number of rotatable bonds is 15. The summed E-state index contributed by atoms with van der Waals surface area (Å²) in [5.74, 6) is -1.04. The quantitative estimate of drug-likeness (QED) is 0.273. The normalized spacial score (nSPS) is 23.0. The second-order valence-electron chi connectivity index (χ2n) is 7.03. The second-order valence-corrected chi connectivity index (χ2v) is 7.03. The summed E-state index contributed by atoms with van der Waals surface area (Å²) in [7, 11) is 0. The lowest BCUT2D eigenvalue weighted by atomic mass is 9.86. The van der Waals surface area contributed by atoms with Crippen LogP contribution < -0.4 is 0 Å². The molecule has 0 amide bonds. The van der Waals surface area contributed by atoms with Crippen molar-refractivity contribution in [2.75, 3.05) is 26.4 Å². The van der Waals surface area contributed by atoms with E-state index in [2.05, 4.69) is 6.92 Å². The molecule has 0 aliphatic carbocycles. The van der Waals surface area contributed by atoms with Gasteiger partial charge in [0.25, 0.3) is 0 Å². The molecule has 0 saturated carbocycles. The average molecular weight is 359 g/mol. The Morgan fingerprint density at radius 3 is 1.84 bits per heavy atom. The lowest BCUT2D eigenvalue weighted by molar-refractivity contribution is -0.459. The Balaban J connectivity index is 2.59. The third-order valence-electron chi connectivity index (χ3n) is 5.10. The Labute approximate surface area is 155 Å². The van der Waals surface area contributed by atoms with E-state index in [-0.39, 0.29) is 0 Å². The maximum atomic E-state index is 6.28. The third-order valence-corrected chi connectivity index (χ3v) is 5.10. The standard InChI is InChI=1S/C21H42O4/c1-5-9-10-11-12-13-14-15-17-20(22-6-2)18-16-19-25-21(20,23-7-3)24-8-4/h5-19H2,1-4H3. The van der Waals surface area contributed by atoms with Gasteiger partial charge in [0, 0.05) is 19.8 Å². The molecule has 0 N–H and O–H groups in total. The highest BCUT2D eigenvalue weighted by Gasteiger charge is 2.57. The van der Waals surface area contributed by atoms with E-state index >= 15 is 0 Å². The highest BCUT2D eigenvalue weighted by molar-refractivity contribution is 4.94. The van der Waals surface area contributed by atoms with Gasteiger partial charge in [-0.3, -0.25) is 0 Å². The molecular formula is C21H42O4. The number of unbranched alkanes of at least 4 members (excludes halogenated alkanes) is 7. The fraction of sp³-hybridized carbons (Fsp3) is 1.00. The first-order valence-corrected chi connectivity index (χ1v) is 10.8. The lowest BCUT2D eigenvalue weighted by Crippen LogP contribution is -2.63. The molecule has 1 rings (SSSR count). The van der Waals surface area contributed by atoms with Gasteiger partial charge in [0.15, 0.2) is 0 Å². The molecule has 0 aromatic carbocycles. The van der Waals surface area contributed by atoms with Crippen LogP contribution in [0.3, 0.4) is 0 Å². The highest BCUT2D eigenvalue weighted by Crippen LogP contribution is 2.44. The fourth-order valence-corrected chi connectivity index (χ4v) is 3.95. The average Bonchev–Trinajstić information content (AvgIpc) is 2.60. The molecule has 0 spiro atoms. The number of hydrogen-bond acceptors (Lipinski definition) is 4. The maximum absolute atomic E-state index is 6.28. The smallest absolute Gasteiger partial charge is 0.313 e. The first-order valence-electron chi connectivity index (χ1n) is 10.8. The van der Waals surface area contributed by atoms with Gasteiger partial charge in [0.2, 0.25) is 0 Å². The molecule has 0 radical (unpaired) electrons. The minimum atomic E-state index is -1.04. The molecule has 4 nitrogen and oxygen atoms in total. The molecular weight excluding hydrogens is 316 g/mol. The van der Waals surface area contributed by atoms with Gasteiger partial charge in [-0.1, -0.05) is 58.3 Å². The molecule has 0 aromatic heterocycles. The second kappa shape index (κ2) is 13.1. The summed E-state index contributed by atoms with van der Waals surface area (Å²) in [6.45, 7) is 10.7. The van der Waals surface area contributed by atoms with Gasteiger partial charge in [-0.25, -0.2) is 0 Å². The molecule has 1 heterocycles. The molecule has 4 heteroatoms. The molecule has 1 aliphatic heterocycles. The van der Waals surface area contributed by atoms with E-state index in [4.69, 9.17) is 18.9 Å². The van der Waals surface area contributed by atoms with Crippen molar-refractivity contribution in [3.05, 3.63) is 0 Å². The SMILES string of the molecule is CCCCCCCCCCC1(OCC)CCCOC1(OCC)OCC. The van der Waals surface area contributed by atoms with Crippen molar-refractivity contribution in [1.29, 1.82) is 0 Å². The molecule has 1 atom stereocenters. The van der Waals surface area contributed by atoms with Crippen molar-refractivity contribution in [1.82, 2.24) is 0 Å². The van der Waals surface area contributed by atoms with Gasteiger partial charge in [-0.15, -0.1) is 0 Å². The van der Waals surface area contributed by atoms with Crippen LogP contribution in [0, 0.1) is 0 Å². The van der Waals surface area contributed by atoms with Crippen molar-refractivity contribution >= 4 is 0 Å². The Bertz CT molecular complexity index is 306. The number of hydrogen-bond donors (Lipinski definition) is 0. The predicted molar refractivity (Wildman–Crippen MR) is 103 cm³/mol. The van der Waals surface area contributed by atoms with E-state index in [1.165, 1.54) is 44.9 Å². The van der Waals surface area contributed by atoms with Crippen LogP contribution in [0.4, 0.5) is 0 Å². The van der Waals surface area contributed by atoms with E-state index < -0.39 is 11.6 Å². The zero-order valence-electron chi connectivity index (χ0n) is 17.2. The van der Waals surface area contributed by atoms with E-state index in [1.54, 1.807) is 0 Å². The summed E-state index contributed by atoms with van der Waals surface area (Å²) in [6, 6.07) is 0. The summed E-state index contributed by atoms with van der Waals surface area (Å²) in [5, 5.41) is 0. The molecule has 25 heavy (non-hydrogen) atoms. The first-order chi connectivity index (χ1) is 12.2. The van der Waals surface area contributed by atoms with Crippen LogP contribution in [0.2, 0.25) is 0 Å². The van der Waals surface area contributed by atoms with Gasteiger partial charge in [-0.2, -0.15) is 0 Å². The molecule has 1 saturated heterocycles. The van der Waals surface area contributed by atoms with Crippen molar-refractivity contribution in [3.8, 4) is 0 Å². The lowest BCUT2D eigenvalue weighted by Gasteiger charge is -2.50. The van der Waals surface area contributed by atoms with Crippen molar-refractivity contribution in [2.24, 2.45) is 0 Å². The van der Waals surface area contributed by atoms with Crippen molar-refractivity contribution < 1.29 is 18.9 Å². The van der Waals surface area contributed by atoms with Gasteiger partial charge in [-0.05, 0) is 40.0 Å². The Morgan fingerprint density at radius 2 is 1.28 bits per heavy atom. The molecule has 1 unspecified atom stereocenters. The van der Waals surface area contributed by atoms with Crippen LogP contribution in [-0.4, -0.2) is 38.0 Å². The minimum Gasteiger partial charge on any atom is -0.367 e. The maximum Gasteiger partial charge on any atom is 0.313 e. The van der Waals surface area contributed by atoms with Crippen molar-refractivity contribution in [3.63, 3.8) is 0 Å². The fourth-order valence-electron chi connectivity index (χ4n) is 3.95. The zero-order chi connectivity index (χ0) is 18.4. The third kappa shape index (κ3) is 6.82. The highest BCUT2D eigenvalue weighted by atomic mass is 16.9. The van der Waals surface area contributed by atoms with E-state index in [0.29, 0.717) is 26.4 Å². The summed E-state index contributed by atoms with van der Waals surface area (Å²) in [5.41, 5.74) is -0.478. The van der Waals surface area contributed by atoms with Crippen LogP contribution in [0.15, 0.2) is 0 Å². The topological polar surface area (TPSA) is 36.9 Å². The Morgan fingerprint density at radius 1 is 0.720 bits per heavy atom. The largest absolute Gasteiger partial charge is 0.367 e. The van der Waals surface area contributed by atoms with Gasteiger partial charge in [0.05, 0.1) is 6.61 Å². The predicted octanol–water partition coefficient (Wildman–Crippen LogP) is 5.83. The summed E-state index contributed by atoms with van der Waals surface area (Å²) < 4.78 is 24.4. The van der Waals surface area contributed by atoms with Crippen LogP contribution >= 0.6 is 0 Å². The number of ether oxygens (including phenoxy) is 4.